The number of hydrogen-bond acceptors (Lipinski definition) is 5. The lowest BCUT2D eigenvalue weighted by Crippen LogP contribution is -2.42. The van der Waals surface area contributed by atoms with Gasteiger partial charge in [-0.2, -0.15) is 0 Å². The summed E-state index contributed by atoms with van der Waals surface area (Å²) < 4.78 is 5.21. The molecule has 2 rings (SSSR count). The summed E-state index contributed by atoms with van der Waals surface area (Å²) in [4.78, 5) is 22.1. The first-order valence-electron chi connectivity index (χ1n) is 6.75. The number of aryl methyl sites for hydroxylation is 1. The van der Waals surface area contributed by atoms with Crippen molar-refractivity contribution in [2.75, 3.05) is 25.1 Å². The van der Waals surface area contributed by atoms with E-state index in [0.717, 1.165) is 5.56 Å². The first-order chi connectivity index (χ1) is 9.94. The number of nitrogens with one attached hydrogen (secondary N) is 1. The Hall–Kier alpha value is -2.15. The third-order valence-corrected chi connectivity index (χ3v) is 3.87. The Balaban J connectivity index is 2.19. The van der Waals surface area contributed by atoms with Gasteiger partial charge in [0.1, 0.15) is 5.69 Å². The number of nitro groups is 1. The van der Waals surface area contributed by atoms with Crippen LogP contribution in [-0.4, -0.2) is 35.8 Å². The van der Waals surface area contributed by atoms with Crippen molar-refractivity contribution in [3.05, 3.63) is 33.9 Å². The van der Waals surface area contributed by atoms with E-state index in [1.165, 1.54) is 6.07 Å². The van der Waals surface area contributed by atoms with Crippen molar-refractivity contribution < 1.29 is 19.6 Å². The molecular weight excluding hydrogens is 276 g/mol. The second-order valence-electron chi connectivity index (χ2n) is 5.33. The van der Waals surface area contributed by atoms with Gasteiger partial charge in [-0.1, -0.05) is 6.07 Å². The smallest absolute Gasteiger partial charge is 0.311 e. The zero-order valence-electron chi connectivity index (χ0n) is 11.8. The second kappa shape index (κ2) is 6.09. The topological polar surface area (TPSA) is 102 Å². The van der Waals surface area contributed by atoms with E-state index in [0.29, 0.717) is 31.7 Å². The van der Waals surface area contributed by atoms with E-state index in [1.807, 2.05) is 6.92 Å². The van der Waals surface area contributed by atoms with Crippen molar-refractivity contribution >= 4 is 17.3 Å². The zero-order valence-corrected chi connectivity index (χ0v) is 11.8. The number of nitrogens with zero attached hydrogens (tertiary/aromatic N) is 1. The van der Waals surface area contributed by atoms with Crippen molar-refractivity contribution in [2.45, 2.75) is 19.8 Å². The van der Waals surface area contributed by atoms with E-state index < -0.39 is 16.3 Å². The molecule has 2 N–H and O–H groups in total. The lowest BCUT2D eigenvalue weighted by molar-refractivity contribution is -0.384. The maximum atomic E-state index is 11.6. The Morgan fingerprint density at radius 3 is 2.71 bits per heavy atom. The molecule has 7 heteroatoms. The average Bonchev–Trinajstić information content (AvgIpc) is 2.45. The van der Waals surface area contributed by atoms with Gasteiger partial charge in [-0.15, -0.1) is 0 Å². The number of carbonyl (C=O) groups is 1. The fourth-order valence-corrected chi connectivity index (χ4v) is 2.44. The molecule has 7 nitrogen and oxygen atoms in total. The van der Waals surface area contributed by atoms with Gasteiger partial charge in [-0.3, -0.25) is 14.9 Å². The minimum absolute atomic E-state index is 0.0480. The summed E-state index contributed by atoms with van der Waals surface area (Å²) in [5.41, 5.74) is 0.246. The molecule has 0 unspecified atom stereocenters. The molecule has 0 amide bonds. The summed E-state index contributed by atoms with van der Waals surface area (Å²) in [6.07, 6.45) is 0.796. The molecule has 0 aliphatic carbocycles. The maximum absolute atomic E-state index is 11.6. The molecular formula is C14H18N2O5. The van der Waals surface area contributed by atoms with Crippen molar-refractivity contribution in [3.63, 3.8) is 0 Å². The van der Waals surface area contributed by atoms with E-state index in [-0.39, 0.29) is 12.2 Å². The monoisotopic (exact) mass is 294 g/mol. The molecule has 1 fully saturated rings. The van der Waals surface area contributed by atoms with Gasteiger partial charge in [0.15, 0.2) is 0 Å². The van der Waals surface area contributed by atoms with Gasteiger partial charge < -0.3 is 15.2 Å². The van der Waals surface area contributed by atoms with Gasteiger partial charge in [-0.25, -0.2) is 0 Å². The number of carboxylic acids is 1. The number of rotatable bonds is 5. The van der Waals surface area contributed by atoms with Crippen molar-refractivity contribution in [1.29, 1.82) is 0 Å². The summed E-state index contributed by atoms with van der Waals surface area (Å²) >= 11 is 0. The highest BCUT2D eigenvalue weighted by atomic mass is 16.6. The Morgan fingerprint density at radius 2 is 2.14 bits per heavy atom. The lowest BCUT2D eigenvalue weighted by Gasteiger charge is -2.33. The van der Waals surface area contributed by atoms with Crippen LogP contribution in [0.2, 0.25) is 0 Å². The predicted octanol–water partition coefficient (Wildman–Crippen LogP) is 2.20. The Kier molecular flexibility index (Phi) is 4.42. The zero-order chi connectivity index (χ0) is 15.5. The van der Waals surface area contributed by atoms with E-state index >= 15 is 0 Å². The normalized spacial score (nSPS) is 17.2. The molecule has 1 aromatic carbocycles. The Bertz CT molecular complexity index is 552. The SMILES string of the molecule is Cc1ccc([N+](=O)[O-])c(NCC2(C(=O)O)CCOCC2)c1. The quantitative estimate of drug-likeness (QED) is 0.637. The lowest BCUT2D eigenvalue weighted by atomic mass is 9.80. The van der Waals surface area contributed by atoms with Gasteiger partial charge in [-0.05, 0) is 31.4 Å². The van der Waals surface area contributed by atoms with Gasteiger partial charge in [0.25, 0.3) is 5.69 Å². The third-order valence-electron chi connectivity index (χ3n) is 3.87. The fourth-order valence-electron chi connectivity index (χ4n) is 2.44. The first-order valence-corrected chi connectivity index (χ1v) is 6.75. The largest absolute Gasteiger partial charge is 0.481 e. The van der Waals surface area contributed by atoms with Crippen LogP contribution in [0.5, 0.6) is 0 Å². The summed E-state index contributed by atoms with van der Waals surface area (Å²) in [6.45, 7) is 2.76. The van der Waals surface area contributed by atoms with Gasteiger partial charge >= 0.3 is 5.97 Å². The van der Waals surface area contributed by atoms with Crippen LogP contribution in [0.1, 0.15) is 18.4 Å². The highest BCUT2D eigenvalue weighted by Crippen LogP contribution is 2.33. The minimum Gasteiger partial charge on any atom is -0.481 e. The molecule has 0 saturated carbocycles. The number of nitro benzene ring substituents is 1. The van der Waals surface area contributed by atoms with Crippen molar-refractivity contribution in [1.82, 2.24) is 0 Å². The Labute approximate surface area is 122 Å². The van der Waals surface area contributed by atoms with Crippen LogP contribution in [0.25, 0.3) is 0 Å². The van der Waals surface area contributed by atoms with Gasteiger partial charge in [0.2, 0.25) is 0 Å². The molecule has 0 spiro atoms. The molecule has 1 aliphatic heterocycles. The number of benzene rings is 1. The number of ether oxygens (including phenoxy) is 1. The first kappa shape index (κ1) is 15.2. The Morgan fingerprint density at radius 1 is 1.48 bits per heavy atom. The van der Waals surface area contributed by atoms with E-state index in [1.54, 1.807) is 12.1 Å². The molecule has 114 valence electrons. The van der Waals surface area contributed by atoms with Crippen LogP contribution in [0.4, 0.5) is 11.4 Å². The van der Waals surface area contributed by atoms with E-state index in [4.69, 9.17) is 4.74 Å². The minimum atomic E-state index is -0.935. The van der Waals surface area contributed by atoms with E-state index in [2.05, 4.69) is 5.32 Å². The standard InChI is InChI=1S/C14H18N2O5/c1-10-2-3-12(16(19)20)11(8-10)15-9-14(13(17)18)4-6-21-7-5-14/h2-3,8,15H,4-7,9H2,1H3,(H,17,18). The molecule has 0 aromatic heterocycles. The number of carboxylic acid groups (broad SMARTS) is 1. The molecule has 0 atom stereocenters. The number of aliphatic carboxylic acids is 1. The summed E-state index contributed by atoms with van der Waals surface area (Å²) in [5, 5.41) is 23.4. The van der Waals surface area contributed by atoms with Crippen LogP contribution in [0.15, 0.2) is 18.2 Å². The average molecular weight is 294 g/mol. The molecule has 21 heavy (non-hydrogen) atoms. The van der Waals surface area contributed by atoms with Gasteiger partial charge in [0, 0.05) is 25.8 Å². The van der Waals surface area contributed by atoms with Crippen LogP contribution in [-0.2, 0) is 9.53 Å². The van der Waals surface area contributed by atoms with Crippen LogP contribution in [0.3, 0.4) is 0 Å². The molecule has 1 aliphatic rings. The van der Waals surface area contributed by atoms with Crippen LogP contribution >= 0.6 is 0 Å². The molecule has 0 bridgehead atoms. The fraction of sp³-hybridized carbons (Fsp3) is 0.500. The van der Waals surface area contributed by atoms with Crippen LogP contribution < -0.4 is 5.32 Å². The van der Waals surface area contributed by atoms with E-state index in [9.17, 15) is 20.0 Å². The summed E-state index contributed by atoms with van der Waals surface area (Å²) in [7, 11) is 0. The molecule has 0 radical (unpaired) electrons. The molecule has 1 saturated heterocycles. The molecule has 1 aromatic rings. The van der Waals surface area contributed by atoms with Crippen LogP contribution in [0, 0.1) is 22.5 Å². The second-order valence-corrected chi connectivity index (χ2v) is 5.33. The molecule has 1 heterocycles. The maximum Gasteiger partial charge on any atom is 0.311 e. The summed E-state index contributed by atoms with van der Waals surface area (Å²) in [5.74, 6) is -0.895. The number of anilines is 1. The summed E-state index contributed by atoms with van der Waals surface area (Å²) in [6, 6.07) is 4.74. The van der Waals surface area contributed by atoms with Crippen molar-refractivity contribution in [2.24, 2.45) is 5.41 Å². The van der Waals surface area contributed by atoms with Gasteiger partial charge in [0.05, 0.1) is 10.3 Å². The van der Waals surface area contributed by atoms with Crippen molar-refractivity contribution in [3.8, 4) is 0 Å². The number of hydrogen-bond donors (Lipinski definition) is 2. The highest BCUT2D eigenvalue weighted by molar-refractivity contribution is 5.76. The third kappa shape index (κ3) is 3.30. The predicted molar refractivity (Wildman–Crippen MR) is 76.4 cm³/mol. The highest BCUT2D eigenvalue weighted by Gasteiger charge is 2.40.